The Morgan fingerprint density at radius 3 is 2.19 bits per heavy atom. The minimum Gasteiger partial charge on any atom is -0.455 e. The molecule has 0 fully saturated rings. The van der Waals surface area contributed by atoms with Crippen LogP contribution in [0, 0.1) is 0 Å². The molecule has 6 heteroatoms. The highest BCUT2D eigenvalue weighted by Gasteiger charge is 2.13. The molecule has 0 saturated carbocycles. The maximum atomic E-state index is 12.1. The lowest BCUT2D eigenvalue weighted by atomic mass is 10.2. The average Bonchev–Trinajstić information content (AvgIpc) is 2.65. The van der Waals surface area contributed by atoms with Crippen LogP contribution >= 0.6 is 0 Å². The highest BCUT2D eigenvalue weighted by Crippen LogP contribution is 2.12. The number of hydrogen-bond donors (Lipinski definition) is 2. The molecular formula is C21H23N3O3. The Balaban J connectivity index is 1.92. The van der Waals surface area contributed by atoms with Gasteiger partial charge in [0.25, 0.3) is 5.91 Å². The Hall–Kier alpha value is -3.41. The number of benzene rings is 2. The highest BCUT2D eigenvalue weighted by atomic mass is 16.5. The lowest BCUT2D eigenvalue weighted by Crippen LogP contribution is -2.32. The first-order valence-electron chi connectivity index (χ1n) is 8.52. The summed E-state index contributed by atoms with van der Waals surface area (Å²) < 4.78 is 5.03. The summed E-state index contributed by atoms with van der Waals surface area (Å²) in [7, 11) is 0. The Bertz CT molecular complexity index is 839. The molecule has 0 spiro atoms. The maximum absolute atomic E-state index is 12.1. The van der Waals surface area contributed by atoms with E-state index in [1.54, 1.807) is 13.8 Å². The SMILES string of the molecule is CC(=Nc1ccccc1)C(NC(=O)COC(=O)Cc1ccccc1)=C(C)N. The van der Waals surface area contributed by atoms with Gasteiger partial charge in [-0.3, -0.25) is 14.6 Å². The van der Waals surface area contributed by atoms with Gasteiger partial charge < -0.3 is 15.8 Å². The van der Waals surface area contributed by atoms with E-state index < -0.39 is 11.9 Å². The minimum atomic E-state index is -0.473. The molecule has 2 rings (SSSR count). The molecule has 0 bridgehead atoms. The number of allylic oxidation sites excluding steroid dienone is 2. The second-order valence-corrected chi connectivity index (χ2v) is 5.96. The Labute approximate surface area is 158 Å². The molecule has 2 aromatic carbocycles. The fraction of sp³-hybridized carbons (Fsp3) is 0.190. The van der Waals surface area contributed by atoms with Gasteiger partial charge in [-0.2, -0.15) is 0 Å². The van der Waals surface area contributed by atoms with Gasteiger partial charge in [0.05, 0.1) is 23.5 Å². The number of amides is 1. The zero-order valence-electron chi connectivity index (χ0n) is 15.4. The van der Waals surface area contributed by atoms with E-state index in [2.05, 4.69) is 10.3 Å². The molecule has 27 heavy (non-hydrogen) atoms. The standard InChI is InChI=1S/C21H23N3O3/c1-15(22)21(16(2)23-18-11-7-4-8-12-18)24-19(25)14-27-20(26)13-17-9-5-3-6-10-17/h3-12H,13-14,22H2,1-2H3,(H,24,25). The molecule has 0 heterocycles. The summed E-state index contributed by atoms with van der Waals surface area (Å²) in [6.45, 7) is 3.03. The number of aliphatic imine (C=N–C) groups is 1. The third kappa shape index (κ3) is 6.78. The zero-order valence-corrected chi connectivity index (χ0v) is 15.4. The van der Waals surface area contributed by atoms with E-state index in [4.69, 9.17) is 10.5 Å². The number of carbonyl (C=O) groups is 2. The first kappa shape index (κ1) is 19.9. The minimum absolute atomic E-state index is 0.112. The molecule has 140 valence electrons. The Morgan fingerprint density at radius 2 is 1.59 bits per heavy atom. The first-order valence-corrected chi connectivity index (χ1v) is 8.52. The van der Waals surface area contributed by atoms with Gasteiger partial charge >= 0.3 is 5.97 Å². The monoisotopic (exact) mass is 365 g/mol. The third-order valence-electron chi connectivity index (χ3n) is 3.63. The quantitative estimate of drug-likeness (QED) is 0.583. The van der Waals surface area contributed by atoms with Crippen LogP contribution in [0.3, 0.4) is 0 Å². The van der Waals surface area contributed by atoms with E-state index in [1.165, 1.54) is 0 Å². The van der Waals surface area contributed by atoms with Crippen LogP contribution in [-0.2, 0) is 20.7 Å². The van der Waals surface area contributed by atoms with Gasteiger partial charge in [0, 0.05) is 5.70 Å². The molecule has 1 amide bonds. The number of ether oxygens (including phenoxy) is 1. The molecule has 0 radical (unpaired) electrons. The highest BCUT2D eigenvalue weighted by molar-refractivity contribution is 6.03. The summed E-state index contributed by atoms with van der Waals surface area (Å²) in [6.07, 6.45) is 0.112. The van der Waals surface area contributed by atoms with Crippen molar-refractivity contribution >= 4 is 23.3 Å². The summed E-state index contributed by atoms with van der Waals surface area (Å²) in [4.78, 5) is 28.4. The fourth-order valence-corrected chi connectivity index (χ4v) is 2.36. The normalized spacial score (nSPS) is 12.1. The van der Waals surface area contributed by atoms with Crippen molar-refractivity contribution in [2.45, 2.75) is 20.3 Å². The molecule has 3 N–H and O–H groups in total. The van der Waals surface area contributed by atoms with E-state index in [9.17, 15) is 9.59 Å². The average molecular weight is 365 g/mol. The lowest BCUT2D eigenvalue weighted by molar-refractivity contribution is -0.147. The molecule has 6 nitrogen and oxygen atoms in total. The van der Waals surface area contributed by atoms with Gasteiger partial charge in [0.2, 0.25) is 0 Å². The topological polar surface area (TPSA) is 93.8 Å². The number of nitrogens with one attached hydrogen (secondary N) is 1. The van der Waals surface area contributed by atoms with Gasteiger partial charge in [-0.25, -0.2) is 0 Å². The van der Waals surface area contributed by atoms with Crippen molar-refractivity contribution in [3.63, 3.8) is 0 Å². The fourth-order valence-electron chi connectivity index (χ4n) is 2.36. The predicted octanol–water partition coefficient (Wildman–Crippen LogP) is 2.87. The molecule has 0 atom stereocenters. The largest absolute Gasteiger partial charge is 0.455 e. The van der Waals surface area contributed by atoms with Crippen molar-refractivity contribution in [3.05, 3.63) is 77.6 Å². The zero-order chi connectivity index (χ0) is 19.6. The number of carbonyl (C=O) groups excluding carboxylic acids is 2. The summed E-state index contributed by atoms with van der Waals surface area (Å²) in [5.41, 5.74) is 8.83. The number of nitrogens with two attached hydrogens (primary N) is 1. The van der Waals surface area contributed by atoms with Crippen LogP contribution in [0.4, 0.5) is 5.69 Å². The van der Waals surface area contributed by atoms with Crippen LogP contribution in [-0.4, -0.2) is 24.2 Å². The van der Waals surface area contributed by atoms with E-state index in [0.717, 1.165) is 11.3 Å². The molecular weight excluding hydrogens is 342 g/mol. The van der Waals surface area contributed by atoms with Crippen LogP contribution in [0.15, 0.2) is 77.1 Å². The Morgan fingerprint density at radius 1 is 1.00 bits per heavy atom. The van der Waals surface area contributed by atoms with E-state index in [1.807, 2.05) is 60.7 Å². The molecule has 0 aliphatic heterocycles. The van der Waals surface area contributed by atoms with Crippen molar-refractivity contribution in [2.24, 2.45) is 10.7 Å². The predicted molar refractivity (Wildman–Crippen MR) is 105 cm³/mol. The molecule has 0 unspecified atom stereocenters. The van der Waals surface area contributed by atoms with Crippen LogP contribution in [0.1, 0.15) is 19.4 Å². The van der Waals surface area contributed by atoms with Crippen LogP contribution in [0.25, 0.3) is 0 Å². The van der Waals surface area contributed by atoms with Crippen molar-refractivity contribution in [3.8, 4) is 0 Å². The smallest absolute Gasteiger partial charge is 0.310 e. The van der Waals surface area contributed by atoms with E-state index >= 15 is 0 Å². The van der Waals surface area contributed by atoms with Gasteiger partial charge in [-0.05, 0) is 31.5 Å². The molecule has 2 aromatic rings. The summed E-state index contributed by atoms with van der Waals surface area (Å²) in [5.74, 6) is -0.945. The number of hydrogen-bond acceptors (Lipinski definition) is 5. The van der Waals surface area contributed by atoms with Gasteiger partial charge in [-0.1, -0.05) is 48.5 Å². The number of esters is 1. The summed E-state index contributed by atoms with van der Waals surface area (Å²) in [5, 5.41) is 2.66. The van der Waals surface area contributed by atoms with Crippen molar-refractivity contribution in [1.82, 2.24) is 5.32 Å². The molecule has 0 aromatic heterocycles. The van der Waals surface area contributed by atoms with E-state index in [0.29, 0.717) is 17.1 Å². The second-order valence-electron chi connectivity index (χ2n) is 5.96. The lowest BCUT2D eigenvalue weighted by Gasteiger charge is -2.12. The number of rotatable bonds is 7. The van der Waals surface area contributed by atoms with Gasteiger partial charge in [0.1, 0.15) is 0 Å². The number of para-hydroxylation sites is 1. The van der Waals surface area contributed by atoms with Crippen molar-refractivity contribution < 1.29 is 14.3 Å². The maximum Gasteiger partial charge on any atom is 0.310 e. The van der Waals surface area contributed by atoms with Gasteiger partial charge in [0.15, 0.2) is 6.61 Å². The van der Waals surface area contributed by atoms with Gasteiger partial charge in [-0.15, -0.1) is 0 Å². The van der Waals surface area contributed by atoms with Crippen LogP contribution in [0.2, 0.25) is 0 Å². The van der Waals surface area contributed by atoms with Crippen LogP contribution < -0.4 is 11.1 Å². The second kappa shape index (κ2) is 9.91. The van der Waals surface area contributed by atoms with Crippen LogP contribution in [0.5, 0.6) is 0 Å². The summed E-state index contributed by atoms with van der Waals surface area (Å²) >= 11 is 0. The van der Waals surface area contributed by atoms with Crippen molar-refractivity contribution in [2.75, 3.05) is 6.61 Å². The number of nitrogens with zero attached hydrogens (tertiary/aromatic N) is 1. The molecule has 0 aliphatic carbocycles. The first-order chi connectivity index (χ1) is 13.0. The molecule has 0 saturated heterocycles. The third-order valence-corrected chi connectivity index (χ3v) is 3.63. The Kier molecular flexibility index (Phi) is 7.31. The van der Waals surface area contributed by atoms with E-state index in [-0.39, 0.29) is 13.0 Å². The molecule has 0 aliphatic rings. The van der Waals surface area contributed by atoms with Crippen molar-refractivity contribution in [1.29, 1.82) is 0 Å². The summed E-state index contributed by atoms with van der Waals surface area (Å²) in [6, 6.07) is 18.5.